The number of hydrogen-bond acceptors (Lipinski definition) is 3. The molecule has 1 rings (SSSR count). The van der Waals surface area contributed by atoms with E-state index in [1.807, 2.05) is 0 Å². The Morgan fingerprint density at radius 2 is 1.90 bits per heavy atom. The molecule has 0 saturated heterocycles. The van der Waals surface area contributed by atoms with Gasteiger partial charge in [0.1, 0.15) is 11.6 Å². The third-order valence-corrected chi connectivity index (χ3v) is 3.41. The summed E-state index contributed by atoms with van der Waals surface area (Å²) < 4.78 is 26.9. The maximum Gasteiger partial charge on any atom is 0.230 e. The number of primary amides is 1. The van der Waals surface area contributed by atoms with Gasteiger partial charge in [0, 0.05) is 11.6 Å². The normalized spacial score (nSPS) is 11.9. The standard InChI is InChI=1S/C13H16F2N2O2S/c1-8(17-13(19)7-20-6-12(16)18)5-9-10(14)3-2-4-11(9)15/h2-4,8H,5-7H2,1H3,(H2,16,18)(H,17,19)/t8-/m0/s1. The maximum absolute atomic E-state index is 13.4. The monoisotopic (exact) mass is 302 g/mol. The van der Waals surface area contributed by atoms with Crippen molar-refractivity contribution in [3.63, 3.8) is 0 Å². The fourth-order valence-corrected chi connectivity index (χ4v) is 2.22. The first-order valence-electron chi connectivity index (χ1n) is 5.98. The number of halogens is 2. The number of carbonyl (C=O) groups is 2. The molecule has 0 fully saturated rings. The van der Waals surface area contributed by atoms with Crippen LogP contribution in [0.1, 0.15) is 12.5 Å². The third kappa shape index (κ3) is 5.56. The van der Waals surface area contributed by atoms with E-state index < -0.39 is 23.6 Å². The van der Waals surface area contributed by atoms with Crippen LogP contribution >= 0.6 is 11.8 Å². The minimum absolute atomic E-state index is 0.0508. The average molecular weight is 302 g/mol. The second-order valence-electron chi connectivity index (χ2n) is 4.33. The summed E-state index contributed by atoms with van der Waals surface area (Å²) in [6, 6.07) is 3.23. The van der Waals surface area contributed by atoms with Crippen LogP contribution < -0.4 is 11.1 Å². The molecule has 1 aromatic rings. The highest BCUT2D eigenvalue weighted by atomic mass is 32.2. The summed E-state index contributed by atoms with van der Waals surface area (Å²) in [7, 11) is 0. The number of thioether (sulfide) groups is 1. The Bertz CT molecular complexity index is 477. The molecule has 0 bridgehead atoms. The quantitative estimate of drug-likeness (QED) is 0.796. The molecule has 1 aromatic carbocycles. The lowest BCUT2D eigenvalue weighted by atomic mass is 10.1. The van der Waals surface area contributed by atoms with Gasteiger partial charge in [-0.1, -0.05) is 6.07 Å². The van der Waals surface area contributed by atoms with Crippen molar-refractivity contribution in [1.82, 2.24) is 5.32 Å². The van der Waals surface area contributed by atoms with E-state index in [4.69, 9.17) is 5.73 Å². The van der Waals surface area contributed by atoms with Crippen molar-refractivity contribution in [1.29, 1.82) is 0 Å². The highest BCUT2D eigenvalue weighted by Crippen LogP contribution is 2.14. The summed E-state index contributed by atoms with van der Waals surface area (Å²) in [5.74, 6) is -1.93. The van der Waals surface area contributed by atoms with Gasteiger partial charge in [0.25, 0.3) is 0 Å². The van der Waals surface area contributed by atoms with Gasteiger partial charge in [0.05, 0.1) is 11.5 Å². The Morgan fingerprint density at radius 3 is 2.45 bits per heavy atom. The number of rotatable bonds is 7. The molecule has 3 N–H and O–H groups in total. The fraction of sp³-hybridized carbons (Fsp3) is 0.385. The number of carbonyl (C=O) groups excluding carboxylic acids is 2. The van der Waals surface area contributed by atoms with Crippen LogP contribution in [0.2, 0.25) is 0 Å². The number of nitrogens with one attached hydrogen (secondary N) is 1. The third-order valence-electron chi connectivity index (χ3n) is 2.46. The molecule has 0 saturated carbocycles. The summed E-state index contributed by atoms with van der Waals surface area (Å²) in [6.07, 6.45) is 0.0603. The van der Waals surface area contributed by atoms with E-state index >= 15 is 0 Å². The van der Waals surface area contributed by atoms with Gasteiger partial charge < -0.3 is 11.1 Å². The summed E-state index contributed by atoms with van der Waals surface area (Å²) in [6.45, 7) is 1.66. The van der Waals surface area contributed by atoms with Gasteiger partial charge in [-0.25, -0.2) is 8.78 Å². The molecule has 0 aliphatic heterocycles. The lowest BCUT2D eigenvalue weighted by Crippen LogP contribution is -2.36. The van der Waals surface area contributed by atoms with Crippen molar-refractivity contribution in [3.8, 4) is 0 Å². The highest BCUT2D eigenvalue weighted by Gasteiger charge is 2.14. The number of hydrogen-bond donors (Lipinski definition) is 2. The fourth-order valence-electron chi connectivity index (χ4n) is 1.65. The van der Waals surface area contributed by atoms with E-state index in [-0.39, 0.29) is 29.4 Å². The molecular formula is C13H16F2N2O2S. The Labute approximate surface area is 120 Å². The molecule has 0 aliphatic carbocycles. The maximum atomic E-state index is 13.4. The molecule has 0 heterocycles. The predicted molar refractivity (Wildman–Crippen MR) is 74.2 cm³/mol. The summed E-state index contributed by atoms with van der Waals surface area (Å²) in [5.41, 5.74) is 4.89. The van der Waals surface area contributed by atoms with Crippen molar-refractivity contribution >= 4 is 23.6 Å². The Kier molecular flexibility index (Phi) is 6.44. The van der Waals surface area contributed by atoms with Gasteiger partial charge >= 0.3 is 0 Å². The number of amides is 2. The molecule has 20 heavy (non-hydrogen) atoms. The van der Waals surface area contributed by atoms with Crippen LogP contribution in [0.4, 0.5) is 8.78 Å². The van der Waals surface area contributed by atoms with Crippen molar-refractivity contribution in [3.05, 3.63) is 35.4 Å². The van der Waals surface area contributed by atoms with E-state index in [1.54, 1.807) is 6.92 Å². The zero-order valence-electron chi connectivity index (χ0n) is 11.0. The second-order valence-corrected chi connectivity index (χ2v) is 5.32. The molecule has 0 spiro atoms. The van der Waals surface area contributed by atoms with Gasteiger partial charge in [-0.05, 0) is 25.5 Å². The van der Waals surface area contributed by atoms with Crippen molar-refractivity contribution in [2.45, 2.75) is 19.4 Å². The molecule has 110 valence electrons. The zero-order chi connectivity index (χ0) is 15.1. The molecule has 2 amide bonds. The van der Waals surface area contributed by atoms with E-state index in [9.17, 15) is 18.4 Å². The number of benzene rings is 1. The first-order valence-corrected chi connectivity index (χ1v) is 7.14. The number of nitrogens with two attached hydrogens (primary N) is 1. The van der Waals surface area contributed by atoms with Crippen molar-refractivity contribution in [2.75, 3.05) is 11.5 Å². The van der Waals surface area contributed by atoms with Crippen LogP contribution in [-0.2, 0) is 16.0 Å². The van der Waals surface area contributed by atoms with Crippen molar-refractivity contribution < 1.29 is 18.4 Å². The van der Waals surface area contributed by atoms with Crippen LogP contribution in [-0.4, -0.2) is 29.4 Å². The van der Waals surface area contributed by atoms with Crippen LogP contribution in [0.25, 0.3) is 0 Å². The first kappa shape index (κ1) is 16.4. The van der Waals surface area contributed by atoms with Crippen molar-refractivity contribution in [2.24, 2.45) is 5.73 Å². The van der Waals surface area contributed by atoms with E-state index in [1.165, 1.54) is 18.2 Å². The zero-order valence-corrected chi connectivity index (χ0v) is 11.8. The smallest absolute Gasteiger partial charge is 0.230 e. The average Bonchev–Trinajstić information content (AvgIpc) is 2.33. The topological polar surface area (TPSA) is 72.2 Å². The van der Waals surface area contributed by atoms with E-state index in [0.29, 0.717) is 0 Å². The van der Waals surface area contributed by atoms with Crippen LogP contribution in [0.3, 0.4) is 0 Å². The van der Waals surface area contributed by atoms with Gasteiger partial charge in [-0.3, -0.25) is 9.59 Å². The summed E-state index contributed by atoms with van der Waals surface area (Å²) in [5, 5.41) is 2.61. The van der Waals surface area contributed by atoms with Gasteiger partial charge in [-0.15, -0.1) is 11.8 Å². The molecule has 0 radical (unpaired) electrons. The predicted octanol–water partition coefficient (Wildman–Crippen LogP) is 1.23. The Morgan fingerprint density at radius 1 is 1.30 bits per heavy atom. The minimum atomic E-state index is -0.630. The van der Waals surface area contributed by atoms with Gasteiger partial charge in [0.2, 0.25) is 11.8 Å². The Hall–Kier alpha value is -1.63. The van der Waals surface area contributed by atoms with E-state index in [0.717, 1.165) is 11.8 Å². The lowest BCUT2D eigenvalue weighted by molar-refractivity contribution is -0.119. The Balaban J connectivity index is 2.45. The van der Waals surface area contributed by atoms with E-state index in [2.05, 4.69) is 5.32 Å². The van der Waals surface area contributed by atoms with Crippen LogP contribution in [0.15, 0.2) is 18.2 Å². The largest absolute Gasteiger partial charge is 0.369 e. The first-order chi connectivity index (χ1) is 9.40. The SMILES string of the molecule is C[C@@H](Cc1c(F)cccc1F)NC(=O)CSCC(N)=O. The minimum Gasteiger partial charge on any atom is -0.369 e. The summed E-state index contributed by atoms with van der Waals surface area (Å²) in [4.78, 5) is 22.0. The molecular weight excluding hydrogens is 286 g/mol. The molecule has 0 aromatic heterocycles. The summed E-state index contributed by atoms with van der Waals surface area (Å²) >= 11 is 1.09. The van der Waals surface area contributed by atoms with Gasteiger partial charge in [-0.2, -0.15) is 0 Å². The second kappa shape index (κ2) is 7.84. The van der Waals surface area contributed by atoms with Crippen LogP contribution in [0.5, 0.6) is 0 Å². The molecule has 7 heteroatoms. The molecule has 1 atom stereocenters. The molecule has 4 nitrogen and oxygen atoms in total. The van der Waals surface area contributed by atoms with Crippen LogP contribution in [0, 0.1) is 11.6 Å². The lowest BCUT2D eigenvalue weighted by Gasteiger charge is -2.14. The highest BCUT2D eigenvalue weighted by molar-refractivity contribution is 8.00. The molecule has 0 aliphatic rings. The molecule has 0 unspecified atom stereocenters. The van der Waals surface area contributed by atoms with Gasteiger partial charge in [0.15, 0.2) is 0 Å².